The van der Waals surface area contributed by atoms with E-state index in [0.29, 0.717) is 23.0 Å². The Balaban J connectivity index is 2.50. The van der Waals surface area contributed by atoms with Crippen LogP contribution in [0.4, 0.5) is 5.69 Å². The molecule has 0 heterocycles. The Morgan fingerprint density at radius 3 is 2.29 bits per heavy atom. The fourth-order valence-electron chi connectivity index (χ4n) is 1.90. The number of ether oxygens (including phenoxy) is 1. The smallest absolute Gasteiger partial charge is 0.344 e. The van der Waals surface area contributed by atoms with Gasteiger partial charge < -0.3 is 4.74 Å². The molecule has 2 aromatic carbocycles. The van der Waals surface area contributed by atoms with Gasteiger partial charge in [0, 0.05) is 11.6 Å². The molecular formula is C15H11NO5. The van der Waals surface area contributed by atoms with Gasteiger partial charge in [-0.3, -0.25) is 14.9 Å². The zero-order valence-electron chi connectivity index (χ0n) is 11.1. The second-order valence-electron chi connectivity index (χ2n) is 4.22. The second-order valence-corrected chi connectivity index (χ2v) is 4.22. The Morgan fingerprint density at radius 2 is 1.76 bits per heavy atom. The van der Waals surface area contributed by atoms with E-state index in [1.807, 2.05) is 0 Å². The van der Waals surface area contributed by atoms with E-state index < -0.39 is 10.9 Å². The zero-order chi connectivity index (χ0) is 15.4. The number of benzene rings is 2. The van der Waals surface area contributed by atoms with Gasteiger partial charge in [-0.15, -0.1) is 0 Å². The summed E-state index contributed by atoms with van der Waals surface area (Å²) in [5, 5.41) is 11.1. The van der Waals surface area contributed by atoms with E-state index in [9.17, 15) is 19.7 Å². The molecule has 0 aliphatic rings. The first-order valence-electron chi connectivity index (χ1n) is 5.99. The molecule has 0 spiro atoms. The Kier molecular flexibility index (Phi) is 4.08. The van der Waals surface area contributed by atoms with Crippen molar-refractivity contribution in [1.29, 1.82) is 0 Å². The molecule has 0 saturated carbocycles. The molecule has 0 aliphatic carbocycles. The van der Waals surface area contributed by atoms with E-state index in [1.165, 1.54) is 12.1 Å². The lowest BCUT2D eigenvalue weighted by Gasteiger charge is -2.05. The van der Waals surface area contributed by atoms with Crippen LogP contribution in [0.2, 0.25) is 0 Å². The SMILES string of the molecule is COC(=O)c1ccc(-c2ccc(C=O)cc2)cc1[N+](=O)[O-]. The number of hydrogen-bond acceptors (Lipinski definition) is 5. The predicted molar refractivity (Wildman–Crippen MR) is 75.3 cm³/mol. The number of methoxy groups -OCH3 is 1. The summed E-state index contributed by atoms with van der Waals surface area (Å²) < 4.78 is 4.52. The quantitative estimate of drug-likeness (QED) is 0.373. The molecule has 0 amide bonds. The van der Waals surface area contributed by atoms with Crippen LogP contribution in [0.25, 0.3) is 11.1 Å². The van der Waals surface area contributed by atoms with Crippen LogP contribution in [-0.2, 0) is 4.74 Å². The highest BCUT2D eigenvalue weighted by atomic mass is 16.6. The molecule has 0 bridgehead atoms. The van der Waals surface area contributed by atoms with Gasteiger partial charge >= 0.3 is 5.97 Å². The minimum Gasteiger partial charge on any atom is -0.465 e. The van der Waals surface area contributed by atoms with Crippen LogP contribution in [0.5, 0.6) is 0 Å². The molecule has 0 fully saturated rings. The van der Waals surface area contributed by atoms with Crippen LogP contribution in [-0.4, -0.2) is 24.3 Å². The Labute approximate surface area is 120 Å². The Morgan fingerprint density at radius 1 is 1.14 bits per heavy atom. The standard InChI is InChI=1S/C15H11NO5/c1-21-15(18)13-7-6-12(8-14(13)16(19)20)11-4-2-10(9-17)3-5-11/h2-9H,1H3. The van der Waals surface area contributed by atoms with Gasteiger partial charge in [0.15, 0.2) is 0 Å². The second kappa shape index (κ2) is 5.96. The van der Waals surface area contributed by atoms with Gasteiger partial charge in [-0.1, -0.05) is 30.3 Å². The maximum atomic E-state index is 11.5. The minimum atomic E-state index is -0.760. The van der Waals surface area contributed by atoms with E-state index in [2.05, 4.69) is 4.74 Å². The Hall–Kier alpha value is -3.02. The van der Waals surface area contributed by atoms with Gasteiger partial charge in [-0.05, 0) is 17.2 Å². The minimum absolute atomic E-state index is 0.101. The lowest BCUT2D eigenvalue weighted by molar-refractivity contribution is -0.385. The van der Waals surface area contributed by atoms with Crippen LogP contribution < -0.4 is 0 Å². The van der Waals surface area contributed by atoms with E-state index >= 15 is 0 Å². The number of nitrogens with zero attached hydrogens (tertiary/aromatic N) is 1. The van der Waals surface area contributed by atoms with Crippen LogP contribution in [0, 0.1) is 10.1 Å². The van der Waals surface area contributed by atoms with Gasteiger partial charge in [0.1, 0.15) is 11.8 Å². The fraction of sp³-hybridized carbons (Fsp3) is 0.0667. The molecule has 2 rings (SSSR count). The number of carbonyl (C=O) groups is 2. The predicted octanol–water partition coefficient (Wildman–Crippen LogP) is 2.86. The monoisotopic (exact) mass is 285 g/mol. The first kappa shape index (κ1) is 14.4. The summed E-state index contributed by atoms with van der Waals surface area (Å²) in [6.45, 7) is 0. The van der Waals surface area contributed by atoms with Gasteiger partial charge in [0.2, 0.25) is 0 Å². The van der Waals surface area contributed by atoms with Gasteiger partial charge in [-0.2, -0.15) is 0 Å². The Bertz CT molecular complexity index is 707. The first-order chi connectivity index (χ1) is 10.1. The molecule has 0 aliphatic heterocycles. The number of nitro groups is 1. The molecule has 0 atom stereocenters. The molecule has 6 heteroatoms. The molecule has 0 radical (unpaired) electrons. The zero-order valence-corrected chi connectivity index (χ0v) is 11.1. The summed E-state index contributed by atoms with van der Waals surface area (Å²) in [4.78, 5) is 32.6. The maximum Gasteiger partial charge on any atom is 0.344 e. The van der Waals surface area contributed by atoms with Crippen molar-refractivity contribution in [3.63, 3.8) is 0 Å². The van der Waals surface area contributed by atoms with Crippen molar-refractivity contribution >= 4 is 17.9 Å². The van der Waals surface area contributed by atoms with Crippen molar-refractivity contribution in [2.45, 2.75) is 0 Å². The third kappa shape index (κ3) is 2.94. The summed E-state index contributed by atoms with van der Waals surface area (Å²) in [7, 11) is 1.16. The van der Waals surface area contributed by atoms with E-state index in [4.69, 9.17) is 0 Å². The van der Waals surface area contributed by atoms with Gasteiger partial charge in [0.05, 0.1) is 12.0 Å². The lowest BCUT2D eigenvalue weighted by Crippen LogP contribution is -2.05. The highest BCUT2D eigenvalue weighted by Gasteiger charge is 2.21. The van der Waals surface area contributed by atoms with Crippen LogP contribution >= 0.6 is 0 Å². The van der Waals surface area contributed by atoms with Crippen molar-refractivity contribution < 1.29 is 19.2 Å². The molecule has 0 saturated heterocycles. The van der Waals surface area contributed by atoms with Crippen molar-refractivity contribution in [3.05, 3.63) is 63.7 Å². The summed E-state index contributed by atoms with van der Waals surface area (Å²) in [6.07, 6.45) is 0.715. The molecule has 0 N–H and O–H groups in total. The molecule has 6 nitrogen and oxygen atoms in total. The molecule has 21 heavy (non-hydrogen) atoms. The average Bonchev–Trinajstić information content (AvgIpc) is 2.53. The third-order valence-corrected chi connectivity index (χ3v) is 2.98. The number of hydrogen-bond donors (Lipinski definition) is 0. The summed E-state index contributed by atoms with van der Waals surface area (Å²) in [5.41, 5.74) is 1.38. The highest BCUT2D eigenvalue weighted by Crippen LogP contribution is 2.27. The third-order valence-electron chi connectivity index (χ3n) is 2.98. The fourth-order valence-corrected chi connectivity index (χ4v) is 1.90. The summed E-state index contributed by atoms with van der Waals surface area (Å²) in [6, 6.07) is 10.8. The molecule has 2 aromatic rings. The first-order valence-corrected chi connectivity index (χ1v) is 5.99. The van der Waals surface area contributed by atoms with Crippen molar-refractivity contribution in [2.24, 2.45) is 0 Å². The normalized spacial score (nSPS) is 9.95. The topological polar surface area (TPSA) is 86.5 Å². The van der Waals surface area contributed by atoms with Crippen molar-refractivity contribution in [3.8, 4) is 11.1 Å². The number of aldehydes is 1. The highest BCUT2D eigenvalue weighted by molar-refractivity contribution is 5.95. The molecule has 106 valence electrons. The van der Waals surface area contributed by atoms with Gasteiger partial charge in [0.25, 0.3) is 5.69 Å². The summed E-state index contributed by atoms with van der Waals surface area (Å²) >= 11 is 0. The van der Waals surface area contributed by atoms with Crippen LogP contribution in [0.15, 0.2) is 42.5 Å². The summed E-state index contributed by atoms with van der Waals surface area (Å²) in [5.74, 6) is -0.760. The van der Waals surface area contributed by atoms with Crippen LogP contribution in [0.1, 0.15) is 20.7 Å². The molecule has 0 aromatic heterocycles. The largest absolute Gasteiger partial charge is 0.465 e. The maximum absolute atomic E-state index is 11.5. The van der Waals surface area contributed by atoms with Gasteiger partial charge in [-0.25, -0.2) is 4.79 Å². The molecular weight excluding hydrogens is 274 g/mol. The van der Waals surface area contributed by atoms with E-state index in [-0.39, 0.29) is 11.3 Å². The number of rotatable bonds is 4. The van der Waals surface area contributed by atoms with Crippen LogP contribution in [0.3, 0.4) is 0 Å². The number of carbonyl (C=O) groups excluding carboxylic acids is 2. The number of esters is 1. The van der Waals surface area contributed by atoms with E-state index in [1.54, 1.807) is 30.3 Å². The van der Waals surface area contributed by atoms with Crippen molar-refractivity contribution in [2.75, 3.05) is 7.11 Å². The van der Waals surface area contributed by atoms with Crippen molar-refractivity contribution in [1.82, 2.24) is 0 Å². The number of nitro benzene ring substituents is 1. The van der Waals surface area contributed by atoms with E-state index in [0.717, 1.165) is 7.11 Å². The molecule has 0 unspecified atom stereocenters. The lowest BCUT2D eigenvalue weighted by atomic mass is 10.0. The average molecular weight is 285 g/mol.